The summed E-state index contributed by atoms with van der Waals surface area (Å²) in [7, 11) is -3.73. The number of amides is 1. The summed E-state index contributed by atoms with van der Waals surface area (Å²) in [5.41, 5.74) is 2.83. The van der Waals surface area contributed by atoms with E-state index in [1.165, 1.54) is 35.2 Å². The number of halogens is 1. The highest BCUT2D eigenvalue weighted by Gasteiger charge is 2.39. The Kier molecular flexibility index (Phi) is 5.56. The number of anilines is 3. The second-order valence-corrected chi connectivity index (χ2v) is 10.8. The fourth-order valence-electron chi connectivity index (χ4n) is 4.41. The number of hydrogen-bond acceptors (Lipinski definition) is 6. The molecule has 7 nitrogen and oxygen atoms in total. The molecule has 0 aliphatic carbocycles. The molecule has 3 heterocycles. The van der Waals surface area contributed by atoms with Crippen LogP contribution in [-0.4, -0.2) is 38.4 Å². The van der Waals surface area contributed by atoms with E-state index in [4.69, 9.17) is 11.6 Å². The van der Waals surface area contributed by atoms with E-state index in [1.807, 2.05) is 12.1 Å². The first-order chi connectivity index (χ1) is 15.4. The Morgan fingerprint density at radius 1 is 1.12 bits per heavy atom. The third kappa shape index (κ3) is 3.85. The van der Waals surface area contributed by atoms with Gasteiger partial charge in [-0.1, -0.05) is 23.7 Å². The van der Waals surface area contributed by atoms with Crippen LogP contribution in [0.4, 0.5) is 16.5 Å². The van der Waals surface area contributed by atoms with E-state index in [1.54, 1.807) is 22.4 Å². The molecule has 32 heavy (non-hydrogen) atoms. The van der Waals surface area contributed by atoms with Crippen LogP contribution in [-0.2, 0) is 21.2 Å². The van der Waals surface area contributed by atoms with Gasteiger partial charge in [0, 0.05) is 30.4 Å². The van der Waals surface area contributed by atoms with Crippen molar-refractivity contribution in [3.63, 3.8) is 0 Å². The molecule has 1 N–H and O–H groups in total. The molecule has 1 fully saturated rings. The highest BCUT2D eigenvalue weighted by molar-refractivity contribution is 7.93. The molecule has 10 heteroatoms. The van der Waals surface area contributed by atoms with Crippen LogP contribution in [0, 0.1) is 0 Å². The molecule has 0 spiro atoms. The third-order valence-corrected chi connectivity index (χ3v) is 8.35. The summed E-state index contributed by atoms with van der Waals surface area (Å²) in [5, 5.41) is 2.69. The Bertz CT molecular complexity index is 1250. The maximum absolute atomic E-state index is 13.3. The fraction of sp³-hybridized carbons (Fsp3) is 0.273. The molecule has 0 bridgehead atoms. The summed E-state index contributed by atoms with van der Waals surface area (Å²) in [6, 6.07) is 12.0. The number of thiazole rings is 1. The van der Waals surface area contributed by atoms with Gasteiger partial charge in [0.25, 0.3) is 10.0 Å². The normalized spacial score (nSPS) is 18.7. The lowest BCUT2D eigenvalue weighted by atomic mass is 9.99. The largest absolute Gasteiger partial charge is 0.358 e. The molecule has 1 aromatic heterocycles. The van der Waals surface area contributed by atoms with Crippen LogP contribution in [0.5, 0.6) is 0 Å². The number of aromatic nitrogens is 1. The summed E-state index contributed by atoms with van der Waals surface area (Å²) in [5.74, 6) is 0.00860. The third-order valence-electron chi connectivity index (χ3n) is 5.87. The molecule has 3 aromatic rings. The zero-order chi connectivity index (χ0) is 22.3. The van der Waals surface area contributed by atoms with Crippen LogP contribution in [0.25, 0.3) is 0 Å². The van der Waals surface area contributed by atoms with E-state index in [-0.39, 0.29) is 16.8 Å². The number of hydrogen-bond donors (Lipinski definition) is 1. The van der Waals surface area contributed by atoms with E-state index in [2.05, 4.69) is 20.7 Å². The maximum atomic E-state index is 13.3. The summed E-state index contributed by atoms with van der Waals surface area (Å²) in [6.07, 6.45) is 4.17. The Hall–Kier alpha value is -2.62. The van der Waals surface area contributed by atoms with Gasteiger partial charge in [-0.2, -0.15) is 0 Å². The molecule has 2 aromatic carbocycles. The SMILES string of the molecule is O=C1[C@@H](N2CCCc3cccc(Cl)c32)CCN1c1ccc(S(=O)(=O)Nc2nccs2)cc1. The maximum Gasteiger partial charge on any atom is 0.263 e. The van der Waals surface area contributed by atoms with Gasteiger partial charge in [-0.15, -0.1) is 11.3 Å². The summed E-state index contributed by atoms with van der Waals surface area (Å²) >= 11 is 7.70. The second-order valence-electron chi connectivity index (χ2n) is 7.78. The van der Waals surface area contributed by atoms with Gasteiger partial charge in [-0.05, 0) is 55.2 Å². The Balaban J connectivity index is 1.35. The number of carbonyl (C=O) groups excluding carboxylic acids is 1. The number of aryl methyl sites for hydroxylation is 1. The smallest absolute Gasteiger partial charge is 0.263 e. The average Bonchev–Trinajstić information content (AvgIpc) is 3.43. The standard InChI is InChI=1S/C22H21ClN4O3S2/c23-18-5-1-3-15-4-2-12-27(20(15)18)19-10-13-26(21(19)28)16-6-8-17(9-7-16)32(29,30)25-22-24-11-14-31-22/h1,3,5-9,11,14,19H,2,4,10,12-13H2,(H,24,25)/t19-/m0/s1. The molecule has 1 atom stereocenters. The first kappa shape index (κ1) is 21.2. The Morgan fingerprint density at radius 3 is 2.69 bits per heavy atom. The van der Waals surface area contributed by atoms with Gasteiger partial charge in [-0.3, -0.25) is 9.52 Å². The zero-order valence-corrected chi connectivity index (χ0v) is 19.5. The van der Waals surface area contributed by atoms with Gasteiger partial charge in [-0.25, -0.2) is 13.4 Å². The predicted molar refractivity (Wildman–Crippen MR) is 127 cm³/mol. The number of nitrogens with one attached hydrogen (secondary N) is 1. The number of para-hydroxylation sites is 1. The van der Waals surface area contributed by atoms with Gasteiger partial charge in [0.1, 0.15) is 6.04 Å². The van der Waals surface area contributed by atoms with Gasteiger partial charge in [0.15, 0.2) is 5.13 Å². The van der Waals surface area contributed by atoms with Crippen molar-refractivity contribution in [1.82, 2.24) is 4.98 Å². The van der Waals surface area contributed by atoms with Gasteiger partial charge >= 0.3 is 0 Å². The van der Waals surface area contributed by atoms with Crippen molar-refractivity contribution < 1.29 is 13.2 Å². The minimum atomic E-state index is -3.73. The lowest BCUT2D eigenvalue weighted by molar-refractivity contribution is -0.118. The molecular formula is C22H21ClN4O3S2. The van der Waals surface area contributed by atoms with E-state index in [0.717, 1.165) is 25.1 Å². The molecule has 1 amide bonds. The molecule has 0 saturated carbocycles. The van der Waals surface area contributed by atoms with E-state index < -0.39 is 10.0 Å². The molecule has 1 saturated heterocycles. The molecular weight excluding hydrogens is 468 g/mol. The van der Waals surface area contributed by atoms with Crippen molar-refractivity contribution in [2.75, 3.05) is 27.6 Å². The molecule has 0 radical (unpaired) electrons. The van der Waals surface area contributed by atoms with Crippen LogP contribution in [0.15, 0.2) is 58.9 Å². The van der Waals surface area contributed by atoms with Crippen molar-refractivity contribution in [3.05, 3.63) is 64.6 Å². The topological polar surface area (TPSA) is 82.6 Å². The fourth-order valence-corrected chi connectivity index (χ4v) is 6.50. The monoisotopic (exact) mass is 488 g/mol. The second kappa shape index (κ2) is 8.38. The van der Waals surface area contributed by atoms with E-state index in [9.17, 15) is 13.2 Å². The highest BCUT2D eigenvalue weighted by atomic mass is 35.5. The lowest BCUT2D eigenvalue weighted by Crippen LogP contribution is -2.44. The molecule has 2 aliphatic rings. The van der Waals surface area contributed by atoms with Crippen LogP contribution >= 0.6 is 22.9 Å². The first-order valence-electron chi connectivity index (χ1n) is 10.3. The summed E-state index contributed by atoms with van der Waals surface area (Å²) in [6.45, 7) is 1.36. The van der Waals surface area contributed by atoms with Crippen LogP contribution < -0.4 is 14.5 Å². The number of rotatable bonds is 5. The number of benzene rings is 2. The summed E-state index contributed by atoms with van der Waals surface area (Å²) in [4.78, 5) is 21.3. The quantitative estimate of drug-likeness (QED) is 0.583. The van der Waals surface area contributed by atoms with Crippen LogP contribution in [0.3, 0.4) is 0 Å². The number of fused-ring (bicyclic) bond motifs is 1. The van der Waals surface area contributed by atoms with Crippen LogP contribution in [0.1, 0.15) is 18.4 Å². The van der Waals surface area contributed by atoms with Crippen molar-refractivity contribution >= 4 is 55.4 Å². The van der Waals surface area contributed by atoms with Gasteiger partial charge in [0.2, 0.25) is 5.91 Å². The van der Waals surface area contributed by atoms with Gasteiger partial charge < -0.3 is 9.80 Å². The number of carbonyl (C=O) groups is 1. The average molecular weight is 489 g/mol. The first-order valence-corrected chi connectivity index (χ1v) is 13.1. The van der Waals surface area contributed by atoms with Crippen molar-refractivity contribution in [2.45, 2.75) is 30.2 Å². The molecule has 5 rings (SSSR count). The Morgan fingerprint density at radius 2 is 1.94 bits per heavy atom. The van der Waals surface area contributed by atoms with Gasteiger partial charge in [0.05, 0.1) is 15.6 Å². The predicted octanol–water partition coefficient (Wildman–Crippen LogP) is 4.16. The van der Waals surface area contributed by atoms with Crippen LogP contribution in [0.2, 0.25) is 5.02 Å². The van der Waals surface area contributed by atoms with Crippen molar-refractivity contribution in [3.8, 4) is 0 Å². The van der Waals surface area contributed by atoms with E-state index in [0.29, 0.717) is 28.8 Å². The minimum Gasteiger partial charge on any atom is -0.358 e. The number of sulfonamides is 1. The minimum absolute atomic E-state index is 0.00860. The molecule has 2 aliphatic heterocycles. The molecule has 166 valence electrons. The molecule has 0 unspecified atom stereocenters. The lowest BCUT2D eigenvalue weighted by Gasteiger charge is -2.36. The zero-order valence-electron chi connectivity index (χ0n) is 17.1. The van der Waals surface area contributed by atoms with Crippen molar-refractivity contribution in [1.29, 1.82) is 0 Å². The summed E-state index contributed by atoms with van der Waals surface area (Å²) < 4.78 is 27.6. The van der Waals surface area contributed by atoms with Crippen molar-refractivity contribution in [2.24, 2.45) is 0 Å². The van der Waals surface area contributed by atoms with E-state index >= 15 is 0 Å². The Labute approximate surface area is 195 Å². The number of nitrogens with zero attached hydrogens (tertiary/aromatic N) is 3. The highest BCUT2D eigenvalue weighted by Crippen LogP contribution is 2.38.